The Labute approximate surface area is 121 Å². The number of nitrogens with one attached hydrogen (secondary N) is 1. The lowest BCUT2D eigenvalue weighted by molar-refractivity contribution is 0.0951. The number of hydrogen-bond acceptors (Lipinski definition) is 2. The zero-order valence-electron chi connectivity index (χ0n) is 12.3. The van der Waals surface area contributed by atoms with E-state index in [-0.39, 0.29) is 5.91 Å². The van der Waals surface area contributed by atoms with Gasteiger partial charge in [0.25, 0.3) is 5.91 Å². The molecule has 20 heavy (non-hydrogen) atoms. The minimum atomic E-state index is 0.0747. The largest absolute Gasteiger partial charge is 0.349 e. The van der Waals surface area contributed by atoms with Gasteiger partial charge in [0.15, 0.2) is 0 Å². The molecule has 1 saturated carbocycles. The smallest absolute Gasteiger partial charge is 0.251 e. The molecule has 1 aliphatic heterocycles. The van der Waals surface area contributed by atoms with Gasteiger partial charge in [0.2, 0.25) is 0 Å². The Bertz CT molecular complexity index is 464. The average Bonchev–Trinajstić information content (AvgIpc) is 3.23. The summed E-state index contributed by atoms with van der Waals surface area (Å²) in [7, 11) is 0. The number of carbonyl (C=O) groups excluding carboxylic acids is 1. The molecule has 1 N–H and O–H groups in total. The van der Waals surface area contributed by atoms with Crippen LogP contribution in [0.2, 0.25) is 0 Å². The Kier molecular flexibility index (Phi) is 4.06. The summed E-state index contributed by atoms with van der Waals surface area (Å²) in [6, 6.07) is 8.54. The monoisotopic (exact) mass is 272 g/mol. The van der Waals surface area contributed by atoms with Gasteiger partial charge in [-0.2, -0.15) is 0 Å². The van der Waals surface area contributed by atoms with Crippen LogP contribution in [0.15, 0.2) is 24.3 Å². The molecule has 1 saturated heterocycles. The Hall–Kier alpha value is -1.35. The number of piperidine rings is 1. The molecule has 0 aromatic heterocycles. The van der Waals surface area contributed by atoms with Crippen molar-refractivity contribution in [1.29, 1.82) is 0 Å². The highest BCUT2D eigenvalue weighted by molar-refractivity contribution is 5.94. The van der Waals surface area contributed by atoms with Crippen molar-refractivity contribution in [2.24, 2.45) is 5.92 Å². The van der Waals surface area contributed by atoms with Gasteiger partial charge in [0.1, 0.15) is 0 Å². The first-order valence-electron chi connectivity index (χ1n) is 7.83. The molecule has 3 nitrogen and oxygen atoms in total. The Morgan fingerprint density at radius 3 is 2.65 bits per heavy atom. The Morgan fingerprint density at radius 1 is 1.25 bits per heavy atom. The number of likely N-dealkylation sites (tertiary alicyclic amines) is 1. The van der Waals surface area contributed by atoms with Gasteiger partial charge < -0.3 is 5.32 Å². The third-order valence-corrected chi connectivity index (χ3v) is 4.28. The van der Waals surface area contributed by atoms with Gasteiger partial charge in [0.05, 0.1) is 0 Å². The summed E-state index contributed by atoms with van der Waals surface area (Å²) in [5.74, 6) is 0.887. The molecule has 1 aromatic carbocycles. The lowest BCUT2D eigenvalue weighted by Crippen LogP contribution is -2.33. The van der Waals surface area contributed by atoms with Crippen molar-refractivity contribution in [2.45, 2.75) is 45.2 Å². The van der Waals surface area contributed by atoms with Crippen LogP contribution < -0.4 is 5.32 Å². The van der Waals surface area contributed by atoms with Gasteiger partial charge in [-0.3, -0.25) is 9.69 Å². The first-order chi connectivity index (χ1) is 9.70. The molecule has 1 amide bonds. The maximum atomic E-state index is 11.9. The van der Waals surface area contributed by atoms with Crippen molar-refractivity contribution in [1.82, 2.24) is 10.2 Å². The van der Waals surface area contributed by atoms with Crippen LogP contribution in [-0.2, 0) is 6.54 Å². The number of carbonyl (C=O) groups is 1. The lowest BCUT2D eigenvalue weighted by Gasteiger charge is -2.30. The molecule has 1 aliphatic carbocycles. The van der Waals surface area contributed by atoms with Crippen molar-refractivity contribution in [2.75, 3.05) is 13.1 Å². The van der Waals surface area contributed by atoms with E-state index in [1.165, 1.54) is 31.5 Å². The van der Waals surface area contributed by atoms with Crippen molar-refractivity contribution in [3.8, 4) is 0 Å². The summed E-state index contributed by atoms with van der Waals surface area (Å²) in [4.78, 5) is 14.4. The predicted octanol–water partition coefficient (Wildman–Crippen LogP) is 2.81. The highest BCUT2D eigenvalue weighted by Crippen LogP contribution is 2.20. The topological polar surface area (TPSA) is 32.3 Å². The van der Waals surface area contributed by atoms with Crippen molar-refractivity contribution in [3.63, 3.8) is 0 Å². The fourth-order valence-electron chi connectivity index (χ4n) is 2.95. The maximum Gasteiger partial charge on any atom is 0.251 e. The molecule has 0 spiro atoms. The van der Waals surface area contributed by atoms with Crippen LogP contribution in [0.3, 0.4) is 0 Å². The SMILES string of the molecule is C[C@H]1CCCN(Cc2ccc(C(=O)NC3CC3)cc2)C1. The van der Waals surface area contributed by atoms with E-state index < -0.39 is 0 Å². The highest BCUT2D eigenvalue weighted by atomic mass is 16.1. The lowest BCUT2D eigenvalue weighted by atomic mass is 9.99. The molecule has 0 bridgehead atoms. The molecule has 1 aromatic rings. The van der Waals surface area contributed by atoms with E-state index >= 15 is 0 Å². The Balaban J connectivity index is 1.56. The standard InChI is InChI=1S/C17H24N2O/c1-13-3-2-10-19(11-13)12-14-4-6-15(7-5-14)17(20)18-16-8-9-16/h4-7,13,16H,2-3,8-12H2,1H3,(H,18,20)/t13-/m0/s1. The van der Waals surface area contributed by atoms with E-state index in [9.17, 15) is 4.79 Å². The van der Waals surface area contributed by atoms with E-state index in [0.29, 0.717) is 6.04 Å². The van der Waals surface area contributed by atoms with Crippen molar-refractivity contribution >= 4 is 5.91 Å². The molecule has 1 atom stereocenters. The van der Waals surface area contributed by atoms with E-state index in [4.69, 9.17) is 0 Å². The molecule has 2 aliphatic rings. The number of nitrogens with zero attached hydrogens (tertiary/aromatic N) is 1. The van der Waals surface area contributed by atoms with Gasteiger partial charge >= 0.3 is 0 Å². The summed E-state index contributed by atoms with van der Waals surface area (Å²) in [6.07, 6.45) is 4.94. The highest BCUT2D eigenvalue weighted by Gasteiger charge is 2.23. The minimum Gasteiger partial charge on any atom is -0.349 e. The molecular weight excluding hydrogens is 248 g/mol. The molecule has 1 heterocycles. The van der Waals surface area contributed by atoms with Crippen LogP contribution in [0.5, 0.6) is 0 Å². The molecule has 3 rings (SSSR count). The van der Waals surface area contributed by atoms with Gasteiger partial charge in [0, 0.05) is 24.7 Å². The third kappa shape index (κ3) is 3.60. The molecule has 108 valence electrons. The summed E-state index contributed by atoms with van der Waals surface area (Å²) in [6.45, 7) is 5.74. The number of hydrogen-bond donors (Lipinski definition) is 1. The molecular formula is C17H24N2O. The molecule has 3 heteroatoms. The summed E-state index contributed by atoms with van der Waals surface area (Å²) in [5.41, 5.74) is 2.09. The van der Waals surface area contributed by atoms with Crippen LogP contribution in [0.4, 0.5) is 0 Å². The van der Waals surface area contributed by atoms with E-state index in [0.717, 1.165) is 30.9 Å². The van der Waals surface area contributed by atoms with Gasteiger partial charge in [-0.25, -0.2) is 0 Å². The second kappa shape index (κ2) is 5.96. The summed E-state index contributed by atoms with van der Waals surface area (Å²) < 4.78 is 0. The van der Waals surface area contributed by atoms with Crippen molar-refractivity contribution < 1.29 is 4.79 Å². The van der Waals surface area contributed by atoms with E-state index in [2.05, 4.69) is 29.3 Å². The fraction of sp³-hybridized carbons (Fsp3) is 0.588. The van der Waals surface area contributed by atoms with Crippen molar-refractivity contribution in [3.05, 3.63) is 35.4 Å². The predicted molar refractivity (Wildman–Crippen MR) is 80.6 cm³/mol. The van der Waals surface area contributed by atoms with Crippen LogP contribution in [0.25, 0.3) is 0 Å². The quantitative estimate of drug-likeness (QED) is 0.914. The van der Waals surface area contributed by atoms with Crippen LogP contribution in [0, 0.1) is 5.92 Å². The molecule has 0 unspecified atom stereocenters. The second-order valence-corrected chi connectivity index (χ2v) is 6.43. The maximum absolute atomic E-state index is 11.9. The zero-order valence-corrected chi connectivity index (χ0v) is 12.3. The van der Waals surface area contributed by atoms with Gasteiger partial charge in [-0.15, -0.1) is 0 Å². The van der Waals surface area contributed by atoms with E-state index in [1.54, 1.807) is 0 Å². The van der Waals surface area contributed by atoms with Gasteiger partial charge in [-0.1, -0.05) is 19.1 Å². The first kappa shape index (κ1) is 13.6. The number of rotatable bonds is 4. The minimum absolute atomic E-state index is 0.0747. The summed E-state index contributed by atoms with van der Waals surface area (Å²) >= 11 is 0. The van der Waals surface area contributed by atoms with Gasteiger partial charge in [-0.05, 0) is 55.8 Å². The fourth-order valence-corrected chi connectivity index (χ4v) is 2.95. The second-order valence-electron chi connectivity index (χ2n) is 6.43. The molecule has 2 fully saturated rings. The van der Waals surface area contributed by atoms with E-state index in [1.807, 2.05) is 12.1 Å². The molecule has 0 radical (unpaired) electrons. The van der Waals surface area contributed by atoms with Crippen LogP contribution in [0.1, 0.15) is 48.5 Å². The Morgan fingerprint density at radius 2 is 2.00 bits per heavy atom. The normalized spacial score (nSPS) is 23.6. The first-order valence-corrected chi connectivity index (χ1v) is 7.83. The van der Waals surface area contributed by atoms with Crippen LogP contribution in [-0.4, -0.2) is 29.9 Å². The van der Waals surface area contributed by atoms with Crippen LogP contribution >= 0.6 is 0 Å². The third-order valence-electron chi connectivity index (χ3n) is 4.28. The summed E-state index contributed by atoms with van der Waals surface area (Å²) in [5, 5.41) is 3.03. The average molecular weight is 272 g/mol. The number of benzene rings is 1. The number of amides is 1. The zero-order chi connectivity index (χ0) is 13.9.